The minimum Gasteiger partial charge on any atom is -0.380 e. The van der Waals surface area contributed by atoms with E-state index in [-0.39, 0.29) is 5.91 Å². The van der Waals surface area contributed by atoms with Crippen LogP contribution in [0.25, 0.3) is 0 Å². The number of rotatable bonds is 6. The Labute approximate surface area is 172 Å². The van der Waals surface area contributed by atoms with Gasteiger partial charge in [0, 0.05) is 51.7 Å². The highest BCUT2D eigenvalue weighted by atomic mass is 16.2. The van der Waals surface area contributed by atoms with E-state index in [2.05, 4.69) is 51.6 Å². The zero-order valence-corrected chi connectivity index (χ0v) is 16.5. The molecule has 5 nitrogen and oxygen atoms in total. The highest BCUT2D eigenvalue weighted by molar-refractivity contribution is 5.94. The summed E-state index contributed by atoms with van der Waals surface area (Å²) in [7, 11) is 0. The molecule has 0 bridgehead atoms. The third-order valence-corrected chi connectivity index (χ3v) is 5.23. The van der Waals surface area contributed by atoms with E-state index in [1.54, 1.807) is 12.4 Å². The Kier molecular flexibility index (Phi) is 6.17. The third-order valence-electron chi connectivity index (χ3n) is 5.23. The Morgan fingerprint density at radius 1 is 0.862 bits per heavy atom. The molecular weight excluding hydrogens is 360 g/mol. The molecule has 2 heterocycles. The molecule has 1 N–H and O–H groups in total. The zero-order valence-electron chi connectivity index (χ0n) is 16.5. The van der Waals surface area contributed by atoms with Crippen molar-refractivity contribution in [2.45, 2.75) is 13.1 Å². The molecule has 1 saturated heterocycles. The van der Waals surface area contributed by atoms with Crippen molar-refractivity contribution in [1.29, 1.82) is 0 Å². The van der Waals surface area contributed by atoms with Crippen molar-refractivity contribution in [3.05, 3.63) is 95.8 Å². The lowest BCUT2D eigenvalue weighted by molar-refractivity contribution is 0.0628. The van der Waals surface area contributed by atoms with Crippen molar-refractivity contribution in [2.75, 3.05) is 31.5 Å². The van der Waals surface area contributed by atoms with Gasteiger partial charge in [-0.2, -0.15) is 0 Å². The van der Waals surface area contributed by atoms with Gasteiger partial charge in [-0.25, -0.2) is 0 Å². The second-order valence-corrected chi connectivity index (χ2v) is 7.36. The number of hydrogen-bond donors (Lipinski definition) is 1. The number of hydrogen-bond acceptors (Lipinski definition) is 4. The molecule has 1 aliphatic rings. The normalized spacial score (nSPS) is 14.6. The van der Waals surface area contributed by atoms with Crippen molar-refractivity contribution in [1.82, 2.24) is 14.8 Å². The van der Waals surface area contributed by atoms with Gasteiger partial charge in [0.25, 0.3) is 5.91 Å². The van der Waals surface area contributed by atoms with Crippen LogP contribution in [0.5, 0.6) is 0 Å². The van der Waals surface area contributed by atoms with Crippen LogP contribution in [0.2, 0.25) is 0 Å². The minimum atomic E-state index is 0.0558. The van der Waals surface area contributed by atoms with Gasteiger partial charge in [0.05, 0.1) is 11.3 Å². The van der Waals surface area contributed by atoms with E-state index >= 15 is 0 Å². The highest BCUT2D eigenvalue weighted by Crippen LogP contribution is 2.15. The molecule has 3 aromatic rings. The van der Waals surface area contributed by atoms with Crippen molar-refractivity contribution < 1.29 is 4.79 Å². The van der Waals surface area contributed by atoms with E-state index in [1.165, 1.54) is 11.1 Å². The van der Waals surface area contributed by atoms with Crippen molar-refractivity contribution in [3.63, 3.8) is 0 Å². The lowest BCUT2D eigenvalue weighted by Crippen LogP contribution is -2.48. The Bertz CT molecular complexity index is 922. The van der Waals surface area contributed by atoms with Crippen LogP contribution in [0, 0.1) is 0 Å². The molecular formula is C24H26N4O. The summed E-state index contributed by atoms with van der Waals surface area (Å²) in [4.78, 5) is 21.5. The molecule has 0 saturated carbocycles. The summed E-state index contributed by atoms with van der Waals surface area (Å²) in [6, 6.07) is 22.6. The van der Waals surface area contributed by atoms with E-state index in [9.17, 15) is 4.79 Å². The minimum absolute atomic E-state index is 0.0558. The van der Waals surface area contributed by atoms with E-state index in [0.29, 0.717) is 12.1 Å². The maximum absolute atomic E-state index is 12.9. The van der Waals surface area contributed by atoms with Gasteiger partial charge in [0.2, 0.25) is 0 Å². The van der Waals surface area contributed by atoms with E-state index < -0.39 is 0 Å². The number of pyridine rings is 1. The molecule has 0 spiro atoms. The average Bonchev–Trinajstić information content (AvgIpc) is 2.79. The number of nitrogens with one attached hydrogen (secondary N) is 1. The van der Waals surface area contributed by atoms with Crippen LogP contribution in [-0.2, 0) is 13.1 Å². The Hall–Kier alpha value is -3.18. The molecule has 148 valence electrons. The summed E-state index contributed by atoms with van der Waals surface area (Å²) in [5.41, 5.74) is 4.01. The van der Waals surface area contributed by atoms with Crippen LogP contribution >= 0.6 is 0 Å². The fourth-order valence-electron chi connectivity index (χ4n) is 3.59. The van der Waals surface area contributed by atoms with Crippen molar-refractivity contribution in [3.8, 4) is 0 Å². The number of carbonyl (C=O) groups excluding carboxylic acids is 1. The second kappa shape index (κ2) is 9.34. The molecule has 0 atom stereocenters. The Morgan fingerprint density at radius 3 is 2.21 bits per heavy atom. The Morgan fingerprint density at radius 2 is 1.52 bits per heavy atom. The first-order chi connectivity index (χ1) is 14.3. The summed E-state index contributed by atoms with van der Waals surface area (Å²) < 4.78 is 0. The predicted molar refractivity (Wildman–Crippen MR) is 116 cm³/mol. The van der Waals surface area contributed by atoms with Gasteiger partial charge in [-0.3, -0.25) is 14.7 Å². The predicted octanol–water partition coefficient (Wildman–Crippen LogP) is 3.65. The molecule has 1 amide bonds. The molecule has 1 aromatic heterocycles. The monoisotopic (exact) mass is 386 g/mol. The molecule has 1 fully saturated rings. The molecule has 29 heavy (non-hydrogen) atoms. The maximum Gasteiger partial charge on any atom is 0.255 e. The number of benzene rings is 2. The smallest absolute Gasteiger partial charge is 0.255 e. The van der Waals surface area contributed by atoms with Crippen LogP contribution in [0.4, 0.5) is 5.69 Å². The maximum atomic E-state index is 12.9. The van der Waals surface area contributed by atoms with Gasteiger partial charge in [0.1, 0.15) is 0 Å². The van der Waals surface area contributed by atoms with E-state index in [1.807, 2.05) is 35.2 Å². The molecule has 1 aliphatic heterocycles. The molecule has 0 unspecified atom stereocenters. The number of amides is 1. The van der Waals surface area contributed by atoms with Crippen LogP contribution in [-0.4, -0.2) is 46.9 Å². The summed E-state index contributed by atoms with van der Waals surface area (Å²) in [5.74, 6) is 0.0558. The zero-order chi connectivity index (χ0) is 19.9. The van der Waals surface area contributed by atoms with Gasteiger partial charge >= 0.3 is 0 Å². The highest BCUT2D eigenvalue weighted by Gasteiger charge is 2.22. The lowest BCUT2D eigenvalue weighted by atomic mass is 10.1. The SMILES string of the molecule is O=C(c1cncc(NCc2ccccc2)c1)N1CCN(Cc2ccccc2)CC1. The standard InChI is InChI=1S/C24H26N4O/c29-24(28-13-11-27(12-14-28)19-21-9-5-2-6-10-21)22-15-23(18-25-17-22)26-16-20-7-3-1-4-8-20/h1-10,15,17-18,26H,11-14,16,19H2. The third kappa shape index (κ3) is 5.21. The molecule has 5 heteroatoms. The first-order valence-corrected chi connectivity index (χ1v) is 10.1. The number of anilines is 1. The van der Waals surface area contributed by atoms with Gasteiger partial charge in [0.15, 0.2) is 0 Å². The van der Waals surface area contributed by atoms with Crippen LogP contribution in [0.1, 0.15) is 21.5 Å². The lowest BCUT2D eigenvalue weighted by Gasteiger charge is -2.34. The van der Waals surface area contributed by atoms with Crippen molar-refractivity contribution in [2.24, 2.45) is 0 Å². The van der Waals surface area contributed by atoms with Gasteiger partial charge in [-0.05, 0) is 17.2 Å². The van der Waals surface area contributed by atoms with E-state index in [4.69, 9.17) is 0 Å². The summed E-state index contributed by atoms with van der Waals surface area (Å²) in [5, 5.41) is 3.35. The van der Waals surface area contributed by atoms with E-state index in [0.717, 1.165) is 38.4 Å². The van der Waals surface area contributed by atoms with Gasteiger partial charge in [-0.1, -0.05) is 60.7 Å². The fraction of sp³-hybridized carbons (Fsp3) is 0.250. The number of nitrogens with zero attached hydrogens (tertiary/aromatic N) is 3. The number of piperazine rings is 1. The number of aromatic nitrogens is 1. The van der Waals surface area contributed by atoms with Gasteiger partial charge < -0.3 is 10.2 Å². The quantitative estimate of drug-likeness (QED) is 0.703. The topological polar surface area (TPSA) is 48.5 Å². The number of carbonyl (C=O) groups is 1. The second-order valence-electron chi connectivity index (χ2n) is 7.36. The summed E-state index contributed by atoms with van der Waals surface area (Å²) >= 11 is 0. The van der Waals surface area contributed by atoms with Crippen molar-refractivity contribution >= 4 is 11.6 Å². The molecule has 0 aliphatic carbocycles. The summed E-state index contributed by atoms with van der Waals surface area (Å²) in [6.45, 7) is 4.91. The van der Waals surface area contributed by atoms with Crippen LogP contribution in [0.15, 0.2) is 79.1 Å². The van der Waals surface area contributed by atoms with Crippen LogP contribution < -0.4 is 5.32 Å². The fourth-order valence-corrected chi connectivity index (χ4v) is 3.59. The van der Waals surface area contributed by atoms with Crippen LogP contribution in [0.3, 0.4) is 0 Å². The largest absolute Gasteiger partial charge is 0.380 e. The molecule has 0 radical (unpaired) electrons. The first kappa shape index (κ1) is 19.2. The molecule has 2 aromatic carbocycles. The molecule has 4 rings (SSSR count). The first-order valence-electron chi connectivity index (χ1n) is 10.1. The summed E-state index contributed by atoms with van der Waals surface area (Å²) in [6.07, 6.45) is 3.42. The van der Waals surface area contributed by atoms with Gasteiger partial charge in [-0.15, -0.1) is 0 Å². The average molecular weight is 386 g/mol. The Balaban J connectivity index is 1.31.